The van der Waals surface area contributed by atoms with Crippen LogP contribution in [0.4, 0.5) is 0 Å². The Bertz CT molecular complexity index is 644. The van der Waals surface area contributed by atoms with Gasteiger partial charge in [0.1, 0.15) is 5.75 Å². The topological polar surface area (TPSA) is 94.5 Å². The molecule has 1 aromatic heterocycles. The summed E-state index contributed by atoms with van der Waals surface area (Å²) >= 11 is 0. The molecule has 0 saturated carbocycles. The molecule has 1 amide bonds. The summed E-state index contributed by atoms with van der Waals surface area (Å²) in [7, 11) is 0. The number of nitrogens with zero attached hydrogens (tertiary/aromatic N) is 3. The SMILES string of the molecule is NC(=O)C1CCCN(Cc2nc(COc3ccccc3)no2)C1. The number of piperidine rings is 1. The van der Waals surface area contributed by atoms with Gasteiger partial charge < -0.3 is 15.0 Å². The van der Waals surface area contributed by atoms with Crippen LogP contribution in [-0.2, 0) is 17.9 Å². The highest BCUT2D eigenvalue weighted by atomic mass is 16.5. The van der Waals surface area contributed by atoms with E-state index >= 15 is 0 Å². The van der Waals surface area contributed by atoms with Gasteiger partial charge in [-0.3, -0.25) is 9.69 Å². The number of amides is 1. The second-order valence-electron chi connectivity index (χ2n) is 5.68. The molecular weight excluding hydrogens is 296 g/mol. The van der Waals surface area contributed by atoms with Gasteiger partial charge in [-0.25, -0.2) is 0 Å². The first-order valence-corrected chi connectivity index (χ1v) is 7.71. The number of likely N-dealkylation sites (tertiary alicyclic amines) is 1. The number of rotatable bonds is 6. The van der Waals surface area contributed by atoms with Gasteiger partial charge in [0.05, 0.1) is 12.5 Å². The van der Waals surface area contributed by atoms with E-state index in [1.807, 2.05) is 30.3 Å². The van der Waals surface area contributed by atoms with Crippen LogP contribution >= 0.6 is 0 Å². The van der Waals surface area contributed by atoms with Crippen LogP contribution in [0, 0.1) is 5.92 Å². The number of carbonyl (C=O) groups is 1. The molecule has 1 unspecified atom stereocenters. The smallest absolute Gasteiger partial charge is 0.240 e. The Kier molecular flexibility index (Phi) is 4.87. The van der Waals surface area contributed by atoms with Gasteiger partial charge >= 0.3 is 0 Å². The fourth-order valence-electron chi connectivity index (χ4n) is 2.70. The second-order valence-corrected chi connectivity index (χ2v) is 5.68. The number of hydrogen-bond donors (Lipinski definition) is 1. The average molecular weight is 316 g/mol. The number of hydrogen-bond acceptors (Lipinski definition) is 6. The van der Waals surface area contributed by atoms with E-state index in [0.717, 1.165) is 25.1 Å². The summed E-state index contributed by atoms with van der Waals surface area (Å²) in [6.45, 7) is 2.34. The van der Waals surface area contributed by atoms with Crippen LogP contribution in [0.2, 0.25) is 0 Å². The van der Waals surface area contributed by atoms with Crippen LogP contribution in [0.1, 0.15) is 24.6 Å². The Morgan fingerprint density at radius 3 is 3.00 bits per heavy atom. The van der Waals surface area contributed by atoms with Crippen LogP contribution in [-0.4, -0.2) is 34.0 Å². The quantitative estimate of drug-likeness (QED) is 0.864. The van der Waals surface area contributed by atoms with Crippen molar-refractivity contribution in [2.45, 2.75) is 26.0 Å². The summed E-state index contributed by atoms with van der Waals surface area (Å²) in [6, 6.07) is 9.49. The van der Waals surface area contributed by atoms with Crippen molar-refractivity contribution in [3.8, 4) is 5.75 Å². The summed E-state index contributed by atoms with van der Waals surface area (Å²) < 4.78 is 10.8. The molecule has 1 saturated heterocycles. The molecule has 1 fully saturated rings. The number of ether oxygens (including phenoxy) is 1. The van der Waals surface area contributed by atoms with Gasteiger partial charge in [0.15, 0.2) is 6.61 Å². The molecule has 1 aliphatic rings. The van der Waals surface area contributed by atoms with Crippen LogP contribution in [0.3, 0.4) is 0 Å². The standard InChI is InChI=1S/C16H20N4O3/c17-16(21)12-5-4-8-20(9-12)10-15-18-14(19-23-15)11-22-13-6-2-1-3-7-13/h1-3,6-7,12H,4-5,8-11H2,(H2,17,21). The third-order valence-electron chi connectivity index (χ3n) is 3.89. The van der Waals surface area contributed by atoms with Crippen molar-refractivity contribution in [2.24, 2.45) is 11.7 Å². The zero-order valence-electron chi connectivity index (χ0n) is 12.9. The van der Waals surface area contributed by atoms with Crippen LogP contribution in [0.15, 0.2) is 34.9 Å². The van der Waals surface area contributed by atoms with Gasteiger partial charge in [-0.15, -0.1) is 0 Å². The van der Waals surface area contributed by atoms with Crippen molar-refractivity contribution in [3.05, 3.63) is 42.0 Å². The minimum absolute atomic E-state index is 0.0902. The zero-order valence-corrected chi connectivity index (χ0v) is 12.9. The third kappa shape index (κ3) is 4.29. The molecule has 23 heavy (non-hydrogen) atoms. The van der Waals surface area contributed by atoms with Crippen LogP contribution < -0.4 is 10.5 Å². The molecule has 7 nitrogen and oxygen atoms in total. The summed E-state index contributed by atoms with van der Waals surface area (Å²) in [5.41, 5.74) is 5.39. The molecule has 1 aromatic carbocycles. The van der Waals surface area contributed by atoms with E-state index in [2.05, 4.69) is 15.0 Å². The molecular formula is C16H20N4O3. The predicted molar refractivity (Wildman–Crippen MR) is 82.3 cm³/mol. The van der Waals surface area contributed by atoms with Gasteiger partial charge in [0, 0.05) is 6.54 Å². The lowest BCUT2D eigenvalue weighted by molar-refractivity contribution is -0.123. The Labute approximate surface area is 134 Å². The summed E-state index contributed by atoms with van der Waals surface area (Å²) in [5, 5.41) is 3.92. The molecule has 2 aromatic rings. The first-order valence-electron chi connectivity index (χ1n) is 7.71. The number of carbonyl (C=O) groups excluding carboxylic acids is 1. The highest BCUT2D eigenvalue weighted by Gasteiger charge is 2.25. The zero-order chi connectivity index (χ0) is 16.1. The first-order chi connectivity index (χ1) is 11.2. The van der Waals surface area contributed by atoms with Gasteiger partial charge in [0.25, 0.3) is 0 Å². The van der Waals surface area contributed by atoms with Crippen molar-refractivity contribution in [3.63, 3.8) is 0 Å². The highest BCUT2D eigenvalue weighted by molar-refractivity contribution is 5.76. The summed E-state index contributed by atoms with van der Waals surface area (Å²) in [6.07, 6.45) is 1.80. The molecule has 0 aliphatic carbocycles. The molecule has 2 N–H and O–H groups in total. The number of nitrogens with two attached hydrogens (primary N) is 1. The van der Waals surface area contributed by atoms with E-state index in [-0.39, 0.29) is 18.4 Å². The third-order valence-corrected chi connectivity index (χ3v) is 3.89. The maximum Gasteiger partial charge on any atom is 0.240 e. The Morgan fingerprint density at radius 1 is 1.39 bits per heavy atom. The number of aromatic nitrogens is 2. The molecule has 3 rings (SSSR count). The minimum atomic E-state index is -0.239. The van der Waals surface area contributed by atoms with Crippen LogP contribution in [0.25, 0.3) is 0 Å². The Morgan fingerprint density at radius 2 is 2.22 bits per heavy atom. The van der Waals surface area contributed by atoms with E-state index < -0.39 is 0 Å². The average Bonchev–Trinajstić information content (AvgIpc) is 3.01. The minimum Gasteiger partial charge on any atom is -0.485 e. The lowest BCUT2D eigenvalue weighted by Crippen LogP contribution is -2.40. The van der Waals surface area contributed by atoms with Gasteiger partial charge in [0.2, 0.25) is 17.6 Å². The largest absolute Gasteiger partial charge is 0.485 e. The first kappa shape index (κ1) is 15.5. The molecule has 1 atom stereocenters. The summed E-state index contributed by atoms with van der Waals surface area (Å²) in [4.78, 5) is 17.8. The Hall–Kier alpha value is -2.41. The van der Waals surface area contributed by atoms with Crippen molar-refractivity contribution >= 4 is 5.91 Å². The fourth-order valence-corrected chi connectivity index (χ4v) is 2.70. The molecule has 122 valence electrons. The van der Waals surface area contributed by atoms with E-state index in [0.29, 0.717) is 24.8 Å². The van der Waals surface area contributed by atoms with Crippen molar-refractivity contribution in [1.82, 2.24) is 15.0 Å². The number of primary amides is 1. The monoisotopic (exact) mass is 316 g/mol. The highest BCUT2D eigenvalue weighted by Crippen LogP contribution is 2.18. The predicted octanol–water partition coefficient (Wildman–Crippen LogP) is 1.35. The fraction of sp³-hybridized carbons (Fsp3) is 0.438. The number of benzene rings is 1. The maximum atomic E-state index is 11.3. The molecule has 0 bridgehead atoms. The van der Waals surface area contributed by atoms with Crippen molar-refractivity contribution in [2.75, 3.05) is 13.1 Å². The van der Waals surface area contributed by atoms with Gasteiger partial charge in [-0.2, -0.15) is 4.98 Å². The molecule has 7 heteroatoms. The lowest BCUT2D eigenvalue weighted by Gasteiger charge is -2.29. The van der Waals surface area contributed by atoms with Gasteiger partial charge in [-0.1, -0.05) is 23.4 Å². The molecule has 1 aliphatic heterocycles. The lowest BCUT2D eigenvalue weighted by atomic mass is 9.97. The van der Waals surface area contributed by atoms with Gasteiger partial charge in [-0.05, 0) is 31.5 Å². The molecule has 2 heterocycles. The van der Waals surface area contributed by atoms with Crippen LogP contribution in [0.5, 0.6) is 5.75 Å². The molecule has 0 spiro atoms. The Balaban J connectivity index is 1.52. The van der Waals surface area contributed by atoms with E-state index in [4.69, 9.17) is 15.0 Å². The molecule has 0 radical (unpaired) electrons. The van der Waals surface area contributed by atoms with E-state index in [1.54, 1.807) is 0 Å². The number of para-hydroxylation sites is 1. The second kappa shape index (κ2) is 7.23. The van der Waals surface area contributed by atoms with E-state index in [9.17, 15) is 4.79 Å². The normalized spacial score (nSPS) is 18.7. The summed E-state index contributed by atoms with van der Waals surface area (Å²) in [5.74, 6) is 1.47. The van der Waals surface area contributed by atoms with Crippen molar-refractivity contribution < 1.29 is 14.1 Å². The van der Waals surface area contributed by atoms with Crippen molar-refractivity contribution in [1.29, 1.82) is 0 Å². The van der Waals surface area contributed by atoms with E-state index in [1.165, 1.54) is 0 Å². The maximum absolute atomic E-state index is 11.3.